The summed E-state index contributed by atoms with van der Waals surface area (Å²) in [6, 6.07) is 16.5. The Morgan fingerprint density at radius 1 is 0.886 bits per heavy atom. The third-order valence-electron chi connectivity index (χ3n) is 7.21. The molecule has 0 heterocycles. The smallest absolute Gasteiger partial charge is 0.264 e. The molecule has 2 atom stereocenters. The predicted molar refractivity (Wildman–Crippen MR) is 171 cm³/mol. The van der Waals surface area contributed by atoms with Crippen molar-refractivity contribution in [3.63, 3.8) is 0 Å². The minimum atomic E-state index is -4.33. The summed E-state index contributed by atoms with van der Waals surface area (Å²) in [5.41, 5.74) is 0.934. The van der Waals surface area contributed by atoms with Crippen molar-refractivity contribution >= 4 is 39.1 Å². The first-order valence-electron chi connectivity index (χ1n) is 14.2. The lowest BCUT2D eigenvalue weighted by Gasteiger charge is -2.33. The summed E-state index contributed by atoms with van der Waals surface area (Å²) in [5.74, 6) is 0.259. The lowest BCUT2D eigenvalue weighted by molar-refractivity contribution is -0.140. The molecule has 0 spiro atoms. The number of amides is 2. The molecule has 0 aliphatic heterocycles. The van der Waals surface area contributed by atoms with E-state index >= 15 is 0 Å². The normalized spacial score (nSPS) is 12.5. The number of halogens is 1. The predicted octanol–water partition coefficient (Wildman–Crippen LogP) is 5.28. The van der Waals surface area contributed by atoms with Crippen LogP contribution in [0.2, 0.25) is 5.02 Å². The maximum absolute atomic E-state index is 14.3. The van der Waals surface area contributed by atoms with Gasteiger partial charge in [-0.3, -0.25) is 13.9 Å². The first-order chi connectivity index (χ1) is 21.0. The van der Waals surface area contributed by atoms with Crippen LogP contribution in [0, 0.1) is 0 Å². The summed E-state index contributed by atoms with van der Waals surface area (Å²) < 4.78 is 45.3. The van der Waals surface area contributed by atoms with E-state index in [0.717, 1.165) is 4.31 Å². The minimum absolute atomic E-state index is 0.0489. The van der Waals surface area contributed by atoms with Gasteiger partial charge in [-0.05, 0) is 73.9 Å². The van der Waals surface area contributed by atoms with Crippen molar-refractivity contribution in [3.8, 4) is 17.2 Å². The number of ether oxygens (including phenoxy) is 3. The Morgan fingerprint density at radius 3 is 2.16 bits per heavy atom. The van der Waals surface area contributed by atoms with Gasteiger partial charge in [0.2, 0.25) is 11.8 Å². The molecule has 0 aliphatic rings. The van der Waals surface area contributed by atoms with E-state index in [4.69, 9.17) is 25.8 Å². The summed E-state index contributed by atoms with van der Waals surface area (Å²) in [7, 11) is 0.0664. The molecule has 3 aromatic rings. The van der Waals surface area contributed by atoms with E-state index in [2.05, 4.69) is 5.32 Å². The highest BCUT2D eigenvalue weighted by atomic mass is 35.5. The highest BCUT2D eigenvalue weighted by molar-refractivity contribution is 7.92. The summed E-state index contributed by atoms with van der Waals surface area (Å²) in [5, 5.41) is 3.36. The number of sulfonamides is 1. The number of carbonyl (C=O) groups excluding carboxylic acids is 2. The molecule has 0 saturated heterocycles. The summed E-state index contributed by atoms with van der Waals surface area (Å²) >= 11 is 6.11. The largest absolute Gasteiger partial charge is 0.497 e. The van der Waals surface area contributed by atoms with E-state index in [-0.39, 0.29) is 34.8 Å². The molecular weight excluding hydrogens is 606 g/mol. The fourth-order valence-corrected chi connectivity index (χ4v) is 6.12. The van der Waals surface area contributed by atoms with Gasteiger partial charge in [0.1, 0.15) is 18.3 Å². The molecule has 0 aromatic heterocycles. The molecule has 44 heavy (non-hydrogen) atoms. The zero-order chi connectivity index (χ0) is 32.4. The zero-order valence-electron chi connectivity index (χ0n) is 25.9. The van der Waals surface area contributed by atoms with Crippen molar-refractivity contribution in [2.45, 2.75) is 57.1 Å². The van der Waals surface area contributed by atoms with Crippen molar-refractivity contribution < 1.29 is 32.2 Å². The van der Waals surface area contributed by atoms with Crippen LogP contribution in [0.4, 0.5) is 5.69 Å². The molecule has 0 saturated carbocycles. The van der Waals surface area contributed by atoms with Gasteiger partial charge in [0.05, 0.1) is 31.9 Å². The maximum Gasteiger partial charge on any atom is 0.264 e. The van der Waals surface area contributed by atoms with Crippen molar-refractivity contribution in [2.24, 2.45) is 0 Å². The van der Waals surface area contributed by atoms with Crippen molar-refractivity contribution in [1.82, 2.24) is 10.2 Å². The monoisotopic (exact) mass is 645 g/mol. The highest BCUT2D eigenvalue weighted by Crippen LogP contribution is 2.33. The molecule has 0 fully saturated rings. The number of anilines is 1. The van der Waals surface area contributed by atoms with Crippen molar-refractivity contribution in [2.75, 3.05) is 32.2 Å². The minimum Gasteiger partial charge on any atom is -0.497 e. The number of hydrogen-bond acceptors (Lipinski definition) is 7. The van der Waals surface area contributed by atoms with Crippen molar-refractivity contribution in [1.29, 1.82) is 0 Å². The van der Waals surface area contributed by atoms with Gasteiger partial charge in [0.15, 0.2) is 11.5 Å². The quantitative estimate of drug-likeness (QED) is 0.239. The molecule has 3 rings (SSSR count). The number of methoxy groups -OCH3 is 3. The summed E-state index contributed by atoms with van der Waals surface area (Å²) in [6.07, 6.45) is 1.02. The Bertz CT molecular complexity index is 1530. The maximum atomic E-state index is 14.3. The van der Waals surface area contributed by atoms with E-state index < -0.39 is 28.5 Å². The highest BCUT2D eigenvalue weighted by Gasteiger charge is 2.34. The average Bonchev–Trinajstić information content (AvgIpc) is 3.03. The number of hydrogen-bond donors (Lipinski definition) is 1. The lowest BCUT2D eigenvalue weighted by Crippen LogP contribution is -2.53. The van der Waals surface area contributed by atoms with Gasteiger partial charge in [-0.1, -0.05) is 37.6 Å². The van der Waals surface area contributed by atoms with Crippen LogP contribution in [-0.4, -0.2) is 65.1 Å². The van der Waals surface area contributed by atoms with Gasteiger partial charge >= 0.3 is 0 Å². The first kappa shape index (κ1) is 34.5. The SMILES string of the molecule is CCC(C)NC(=O)C(CC)N(Cc1cccc(OC)c1)C(=O)CN(c1ccc(Cl)cc1)S(=O)(=O)c1ccc(OC)c(OC)c1. The number of nitrogens with one attached hydrogen (secondary N) is 1. The van der Waals surface area contributed by atoms with E-state index in [1.807, 2.05) is 26.8 Å². The van der Waals surface area contributed by atoms with Crippen LogP contribution in [-0.2, 0) is 26.2 Å². The van der Waals surface area contributed by atoms with Gasteiger partial charge in [-0.15, -0.1) is 0 Å². The summed E-state index contributed by atoms with van der Waals surface area (Å²) in [6.45, 7) is 5.11. The van der Waals surface area contributed by atoms with Gasteiger partial charge in [0, 0.05) is 23.7 Å². The first-order valence-corrected chi connectivity index (χ1v) is 16.0. The molecule has 0 radical (unpaired) electrons. The van der Waals surface area contributed by atoms with Crippen LogP contribution in [0.1, 0.15) is 39.2 Å². The number of nitrogens with zero attached hydrogens (tertiary/aromatic N) is 2. The Labute approximate surface area is 264 Å². The standard InChI is InChI=1S/C32H40ClN3O7S/c1-7-22(3)34-32(38)28(8-2)35(20-23-10-9-11-26(18-23)41-4)31(37)21-36(25-14-12-24(33)13-15-25)44(39,40)27-16-17-29(42-5)30(19-27)43-6/h9-19,22,28H,7-8,20-21H2,1-6H3,(H,34,38). The fraction of sp³-hybridized carbons (Fsp3) is 0.375. The molecule has 238 valence electrons. The van der Waals surface area contributed by atoms with Crippen LogP contribution < -0.4 is 23.8 Å². The van der Waals surface area contributed by atoms with E-state index in [0.29, 0.717) is 34.9 Å². The van der Waals surface area contributed by atoms with Gasteiger partial charge in [0.25, 0.3) is 10.0 Å². The molecule has 10 nitrogen and oxygen atoms in total. The van der Waals surface area contributed by atoms with Crippen LogP contribution in [0.3, 0.4) is 0 Å². The Kier molecular flexibility index (Phi) is 12.3. The third-order valence-corrected chi connectivity index (χ3v) is 9.23. The van der Waals surface area contributed by atoms with Gasteiger partial charge in [-0.25, -0.2) is 8.42 Å². The number of carbonyl (C=O) groups is 2. The lowest BCUT2D eigenvalue weighted by atomic mass is 10.1. The number of benzene rings is 3. The third kappa shape index (κ3) is 8.35. The average molecular weight is 646 g/mol. The number of rotatable bonds is 15. The molecule has 0 aliphatic carbocycles. The molecule has 12 heteroatoms. The Morgan fingerprint density at radius 2 is 1.57 bits per heavy atom. The van der Waals surface area contributed by atoms with E-state index in [9.17, 15) is 18.0 Å². The van der Waals surface area contributed by atoms with Crippen LogP contribution in [0.5, 0.6) is 17.2 Å². The van der Waals surface area contributed by atoms with Crippen molar-refractivity contribution in [3.05, 3.63) is 77.3 Å². The van der Waals surface area contributed by atoms with Gasteiger partial charge < -0.3 is 24.4 Å². The second-order valence-corrected chi connectivity index (χ2v) is 12.4. The molecule has 2 amide bonds. The molecule has 1 N–H and O–H groups in total. The Balaban J connectivity index is 2.10. The molecule has 3 aromatic carbocycles. The fourth-order valence-electron chi connectivity index (χ4n) is 4.57. The molecule has 0 bridgehead atoms. The van der Waals surface area contributed by atoms with E-state index in [1.165, 1.54) is 49.5 Å². The van der Waals surface area contributed by atoms with E-state index in [1.54, 1.807) is 37.4 Å². The van der Waals surface area contributed by atoms with Crippen LogP contribution in [0.15, 0.2) is 71.6 Å². The molecular formula is C32H40ClN3O7S. The zero-order valence-corrected chi connectivity index (χ0v) is 27.4. The second-order valence-electron chi connectivity index (χ2n) is 10.1. The molecule has 2 unspecified atom stereocenters. The van der Waals surface area contributed by atoms with Gasteiger partial charge in [-0.2, -0.15) is 0 Å². The topological polar surface area (TPSA) is 114 Å². The second kappa shape index (κ2) is 15.7. The van der Waals surface area contributed by atoms with Crippen LogP contribution in [0.25, 0.3) is 0 Å². The Hall–Kier alpha value is -3.96. The summed E-state index contributed by atoms with van der Waals surface area (Å²) in [4.78, 5) is 29.0. The van der Waals surface area contributed by atoms with Crippen LogP contribution >= 0.6 is 11.6 Å².